The first-order valence-electron chi connectivity index (χ1n) is 7.89. The van der Waals surface area contributed by atoms with Crippen molar-refractivity contribution in [2.75, 3.05) is 11.1 Å². The molecule has 3 nitrogen and oxygen atoms in total. The number of rotatable bonds is 6. The van der Waals surface area contributed by atoms with Crippen LogP contribution in [0.2, 0.25) is 0 Å². The molecular weight excluding hydrogens is 318 g/mol. The van der Waals surface area contributed by atoms with E-state index in [-0.39, 0.29) is 12.3 Å². The van der Waals surface area contributed by atoms with Gasteiger partial charge in [-0.3, -0.25) is 9.00 Å². The van der Waals surface area contributed by atoms with E-state index < -0.39 is 10.8 Å². The predicted octanol–water partition coefficient (Wildman–Crippen LogP) is 4.12. The summed E-state index contributed by atoms with van der Waals surface area (Å²) in [5.74, 6) is 0.731. The molecule has 0 fully saturated rings. The number of amides is 1. The lowest BCUT2D eigenvalue weighted by Gasteiger charge is -2.07. The Labute approximate surface area is 144 Å². The summed E-state index contributed by atoms with van der Waals surface area (Å²) in [6.45, 7) is 0. The third kappa shape index (κ3) is 4.30. The maximum Gasteiger partial charge on any atom is 0.225 e. The van der Waals surface area contributed by atoms with Gasteiger partial charge in [0.05, 0.1) is 0 Å². The van der Waals surface area contributed by atoms with E-state index in [2.05, 4.69) is 17.4 Å². The third-order valence-corrected chi connectivity index (χ3v) is 5.10. The molecule has 4 heteroatoms. The molecule has 0 aromatic heterocycles. The molecule has 3 aromatic rings. The molecule has 0 aliphatic carbocycles. The molecular formula is C20H19NO2S. The van der Waals surface area contributed by atoms with Crippen molar-refractivity contribution in [3.05, 3.63) is 78.4 Å². The molecule has 0 unspecified atom stereocenters. The van der Waals surface area contributed by atoms with Crippen LogP contribution in [-0.4, -0.2) is 15.9 Å². The van der Waals surface area contributed by atoms with Crippen LogP contribution in [0.3, 0.4) is 0 Å². The normalized spacial score (nSPS) is 12.0. The van der Waals surface area contributed by atoms with E-state index in [0.29, 0.717) is 11.5 Å². The Hall–Kier alpha value is -2.46. The van der Waals surface area contributed by atoms with Gasteiger partial charge in [0.1, 0.15) is 0 Å². The van der Waals surface area contributed by atoms with E-state index in [0.717, 1.165) is 22.0 Å². The summed E-state index contributed by atoms with van der Waals surface area (Å²) in [5.41, 5.74) is 1.83. The number of anilines is 1. The quantitative estimate of drug-likeness (QED) is 0.735. The number of hydrogen-bond acceptors (Lipinski definition) is 2. The van der Waals surface area contributed by atoms with Gasteiger partial charge in [0.15, 0.2) is 0 Å². The summed E-state index contributed by atoms with van der Waals surface area (Å²) < 4.78 is 12.3. The molecule has 0 aliphatic rings. The summed E-state index contributed by atoms with van der Waals surface area (Å²) in [4.78, 5) is 11.9. The van der Waals surface area contributed by atoms with E-state index in [1.54, 1.807) is 0 Å². The van der Waals surface area contributed by atoms with E-state index in [1.165, 1.54) is 0 Å². The van der Waals surface area contributed by atoms with Crippen LogP contribution in [0.4, 0.5) is 5.69 Å². The fourth-order valence-corrected chi connectivity index (χ4v) is 3.77. The summed E-state index contributed by atoms with van der Waals surface area (Å²) in [6, 6.07) is 23.4. The smallest absolute Gasteiger partial charge is 0.225 e. The van der Waals surface area contributed by atoms with Gasteiger partial charge in [0.25, 0.3) is 0 Å². The van der Waals surface area contributed by atoms with Crippen molar-refractivity contribution >= 4 is 33.2 Å². The Morgan fingerprint density at radius 1 is 0.875 bits per heavy atom. The number of hydrogen-bond donors (Lipinski definition) is 1. The van der Waals surface area contributed by atoms with Gasteiger partial charge < -0.3 is 5.32 Å². The van der Waals surface area contributed by atoms with Gasteiger partial charge >= 0.3 is 0 Å². The number of fused-ring (bicyclic) bond motifs is 1. The van der Waals surface area contributed by atoms with Crippen LogP contribution >= 0.6 is 0 Å². The Kier molecular flexibility index (Phi) is 5.39. The second kappa shape index (κ2) is 7.88. The van der Waals surface area contributed by atoms with Gasteiger partial charge in [-0.1, -0.05) is 60.7 Å². The van der Waals surface area contributed by atoms with E-state index >= 15 is 0 Å². The number of benzene rings is 3. The van der Waals surface area contributed by atoms with Gasteiger partial charge in [-0.2, -0.15) is 0 Å². The summed E-state index contributed by atoms with van der Waals surface area (Å²) in [6.07, 6.45) is 0.256. The molecule has 0 bridgehead atoms. The van der Waals surface area contributed by atoms with Crippen LogP contribution in [0.5, 0.6) is 0 Å². The highest BCUT2D eigenvalue weighted by Gasteiger charge is 2.09. The maximum absolute atomic E-state index is 12.3. The Bertz CT molecular complexity index is 856. The van der Waals surface area contributed by atoms with Crippen molar-refractivity contribution < 1.29 is 9.00 Å². The average Bonchev–Trinajstić information content (AvgIpc) is 2.61. The molecule has 3 rings (SSSR count). The lowest BCUT2D eigenvalue weighted by atomic mass is 10.1. The van der Waals surface area contributed by atoms with E-state index in [4.69, 9.17) is 0 Å². The number of carbonyl (C=O) groups is 1. The van der Waals surface area contributed by atoms with Crippen molar-refractivity contribution in [2.45, 2.75) is 12.2 Å². The highest BCUT2D eigenvalue weighted by atomic mass is 32.2. The minimum Gasteiger partial charge on any atom is -0.326 e. The molecule has 1 N–H and O–H groups in total. The molecule has 1 amide bonds. The molecule has 0 aliphatic heterocycles. The van der Waals surface area contributed by atoms with Crippen LogP contribution in [0.15, 0.2) is 72.8 Å². The van der Waals surface area contributed by atoms with Gasteiger partial charge in [-0.15, -0.1) is 0 Å². The fourth-order valence-electron chi connectivity index (χ4n) is 2.62. The second-order valence-electron chi connectivity index (χ2n) is 5.59. The van der Waals surface area contributed by atoms with Crippen LogP contribution in [0.25, 0.3) is 10.8 Å². The van der Waals surface area contributed by atoms with Crippen LogP contribution in [0, 0.1) is 0 Å². The first-order chi connectivity index (χ1) is 11.7. The molecule has 1 atom stereocenters. The summed E-state index contributed by atoms with van der Waals surface area (Å²) in [5, 5.41) is 5.09. The van der Waals surface area contributed by atoms with Crippen molar-refractivity contribution in [1.29, 1.82) is 0 Å². The monoisotopic (exact) mass is 337 g/mol. The van der Waals surface area contributed by atoms with Crippen LogP contribution in [-0.2, 0) is 21.3 Å². The molecule has 24 heavy (non-hydrogen) atoms. The fraction of sp³-hybridized carbons (Fsp3) is 0.150. The van der Waals surface area contributed by atoms with E-state index in [1.807, 2.05) is 60.7 Å². The van der Waals surface area contributed by atoms with Crippen LogP contribution in [0.1, 0.15) is 12.0 Å². The molecule has 122 valence electrons. The van der Waals surface area contributed by atoms with E-state index in [9.17, 15) is 9.00 Å². The summed E-state index contributed by atoms with van der Waals surface area (Å²) >= 11 is 0. The SMILES string of the molecule is O=C(CC[S@](=O)Cc1cccc2ccccc12)Nc1ccccc1. The third-order valence-electron chi connectivity index (χ3n) is 3.81. The standard InChI is InChI=1S/C20H19NO2S/c22-20(21-18-10-2-1-3-11-18)13-14-24(23)15-17-9-6-8-16-7-4-5-12-19(16)17/h1-12H,13-15H2,(H,21,22)/t24-/m0/s1. The minimum absolute atomic E-state index is 0.104. The highest BCUT2D eigenvalue weighted by Crippen LogP contribution is 2.20. The summed E-state index contributed by atoms with van der Waals surface area (Å²) in [7, 11) is -1.07. The van der Waals surface area contributed by atoms with Crippen molar-refractivity contribution in [2.24, 2.45) is 0 Å². The largest absolute Gasteiger partial charge is 0.326 e. The zero-order valence-corrected chi connectivity index (χ0v) is 14.1. The molecule has 0 heterocycles. The van der Waals surface area contributed by atoms with Crippen molar-refractivity contribution in [3.8, 4) is 0 Å². The lowest BCUT2D eigenvalue weighted by molar-refractivity contribution is -0.115. The second-order valence-corrected chi connectivity index (χ2v) is 7.17. The highest BCUT2D eigenvalue weighted by molar-refractivity contribution is 7.84. The first-order valence-corrected chi connectivity index (χ1v) is 9.38. The number of para-hydroxylation sites is 1. The maximum atomic E-state index is 12.3. The average molecular weight is 337 g/mol. The van der Waals surface area contributed by atoms with Crippen molar-refractivity contribution in [1.82, 2.24) is 0 Å². The Morgan fingerprint density at radius 3 is 2.42 bits per heavy atom. The first kappa shape index (κ1) is 16.4. The van der Waals surface area contributed by atoms with Gasteiger partial charge in [0, 0.05) is 34.4 Å². The van der Waals surface area contributed by atoms with Gasteiger partial charge in [-0.05, 0) is 28.5 Å². The molecule has 0 saturated heterocycles. The Balaban J connectivity index is 1.56. The number of nitrogens with one attached hydrogen (secondary N) is 1. The zero-order valence-electron chi connectivity index (χ0n) is 13.3. The van der Waals surface area contributed by atoms with Crippen LogP contribution < -0.4 is 5.32 Å². The molecule has 0 radical (unpaired) electrons. The zero-order chi connectivity index (χ0) is 16.8. The van der Waals surface area contributed by atoms with Gasteiger partial charge in [0.2, 0.25) is 5.91 Å². The number of carbonyl (C=O) groups excluding carboxylic acids is 1. The lowest BCUT2D eigenvalue weighted by Crippen LogP contribution is -2.15. The minimum atomic E-state index is -1.07. The predicted molar refractivity (Wildman–Crippen MR) is 100 cm³/mol. The molecule has 3 aromatic carbocycles. The topological polar surface area (TPSA) is 46.2 Å². The van der Waals surface area contributed by atoms with Crippen molar-refractivity contribution in [3.63, 3.8) is 0 Å². The Morgan fingerprint density at radius 2 is 1.58 bits per heavy atom. The molecule has 0 saturated carbocycles. The molecule has 0 spiro atoms. The van der Waals surface area contributed by atoms with Gasteiger partial charge in [-0.25, -0.2) is 0 Å².